The van der Waals surface area contributed by atoms with E-state index in [1.54, 1.807) is 31.2 Å². The molecule has 0 spiro atoms. The van der Waals surface area contributed by atoms with Crippen LogP contribution in [0.5, 0.6) is 5.75 Å². The second-order valence-electron chi connectivity index (χ2n) is 6.40. The highest BCUT2D eigenvalue weighted by molar-refractivity contribution is 5.95. The molecule has 0 saturated heterocycles. The minimum atomic E-state index is -0.674. The van der Waals surface area contributed by atoms with Crippen LogP contribution in [-0.2, 0) is 9.59 Å². The van der Waals surface area contributed by atoms with Gasteiger partial charge in [0, 0.05) is 18.3 Å². The lowest BCUT2D eigenvalue weighted by molar-refractivity contribution is -0.122. The molecule has 2 N–H and O–H groups in total. The predicted octanol–water partition coefficient (Wildman–Crippen LogP) is 4.72. The van der Waals surface area contributed by atoms with E-state index in [9.17, 15) is 9.59 Å². The van der Waals surface area contributed by atoms with Gasteiger partial charge in [-0.3, -0.25) is 9.59 Å². The molecule has 3 rings (SSSR count). The van der Waals surface area contributed by atoms with Crippen LogP contribution in [0.1, 0.15) is 13.8 Å². The van der Waals surface area contributed by atoms with Gasteiger partial charge in [0.25, 0.3) is 5.91 Å². The molecule has 0 aromatic heterocycles. The first-order chi connectivity index (χ1) is 13.5. The number of nitrogens with one attached hydrogen (secondary N) is 2. The zero-order valence-corrected chi connectivity index (χ0v) is 15.8. The van der Waals surface area contributed by atoms with E-state index in [1.165, 1.54) is 6.92 Å². The molecule has 28 heavy (non-hydrogen) atoms. The van der Waals surface area contributed by atoms with Gasteiger partial charge < -0.3 is 15.4 Å². The topological polar surface area (TPSA) is 67.4 Å². The summed E-state index contributed by atoms with van der Waals surface area (Å²) in [6.45, 7) is 3.13. The van der Waals surface area contributed by atoms with Crippen LogP contribution in [0.15, 0.2) is 78.9 Å². The maximum atomic E-state index is 12.4. The summed E-state index contributed by atoms with van der Waals surface area (Å²) in [6.07, 6.45) is -0.674. The highest BCUT2D eigenvalue weighted by Gasteiger charge is 2.15. The Bertz CT molecular complexity index is 953. The Morgan fingerprint density at radius 1 is 0.786 bits per heavy atom. The molecule has 3 aromatic rings. The number of amides is 2. The van der Waals surface area contributed by atoms with Crippen LogP contribution in [0, 0.1) is 0 Å². The normalized spacial score (nSPS) is 11.4. The molecule has 0 bridgehead atoms. The van der Waals surface area contributed by atoms with Gasteiger partial charge in [-0.05, 0) is 48.4 Å². The molecule has 0 aliphatic rings. The number of hydrogen-bond acceptors (Lipinski definition) is 3. The number of ether oxygens (including phenoxy) is 1. The first kappa shape index (κ1) is 19.2. The fourth-order valence-electron chi connectivity index (χ4n) is 2.74. The van der Waals surface area contributed by atoms with E-state index in [0.29, 0.717) is 17.1 Å². The zero-order chi connectivity index (χ0) is 19.9. The van der Waals surface area contributed by atoms with Gasteiger partial charge >= 0.3 is 0 Å². The molecule has 0 heterocycles. The van der Waals surface area contributed by atoms with Crippen molar-refractivity contribution in [1.82, 2.24) is 0 Å². The Hall–Kier alpha value is -3.60. The molecule has 5 nitrogen and oxygen atoms in total. The smallest absolute Gasteiger partial charge is 0.265 e. The molecule has 2 amide bonds. The quantitative estimate of drug-likeness (QED) is 0.656. The van der Waals surface area contributed by atoms with E-state index in [4.69, 9.17) is 4.74 Å². The second-order valence-corrected chi connectivity index (χ2v) is 6.40. The second kappa shape index (κ2) is 8.86. The van der Waals surface area contributed by atoms with E-state index < -0.39 is 6.10 Å². The summed E-state index contributed by atoms with van der Waals surface area (Å²) < 4.78 is 5.75. The molecule has 1 unspecified atom stereocenters. The molecule has 0 fully saturated rings. The van der Waals surface area contributed by atoms with E-state index in [2.05, 4.69) is 10.6 Å². The Labute approximate surface area is 164 Å². The third kappa shape index (κ3) is 5.20. The fraction of sp³-hybridized carbons (Fsp3) is 0.130. The maximum Gasteiger partial charge on any atom is 0.265 e. The first-order valence-corrected chi connectivity index (χ1v) is 9.02. The van der Waals surface area contributed by atoms with Gasteiger partial charge in [0.15, 0.2) is 6.10 Å². The zero-order valence-electron chi connectivity index (χ0n) is 15.8. The average molecular weight is 374 g/mol. The third-order valence-corrected chi connectivity index (χ3v) is 4.09. The fourth-order valence-corrected chi connectivity index (χ4v) is 2.74. The van der Waals surface area contributed by atoms with Gasteiger partial charge in [-0.1, -0.05) is 48.5 Å². The summed E-state index contributed by atoms with van der Waals surface area (Å²) >= 11 is 0. The molecule has 0 saturated carbocycles. The standard InChI is InChI=1S/C23H22N2O3/c1-16(23(27)25-21-10-6-9-20(15-21)24-17(2)26)28-22-13-11-19(12-14-22)18-7-4-3-5-8-18/h3-16H,1-2H3,(H,24,26)(H,25,27). The van der Waals surface area contributed by atoms with Crippen LogP contribution in [-0.4, -0.2) is 17.9 Å². The van der Waals surface area contributed by atoms with Crippen LogP contribution in [0.25, 0.3) is 11.1 Å². The summed E-state index contributed by atoms with van der Waals surface area (Å²) in [7, 11) is 0. The van der Waals surface area contributed by atoms with Crippen LogP contribution in [0.2, 0.25) is 0 Å². The summed E-state index contributed by atoms with van der Waals surface area (Å²) in [5.41, 5.74) is 3.42. The van der Waals surface area contributed by atoms with Crippen molar-refractivity contribution in [2.45, 2.75) is 20.0 Å². The van der Waals surface area contributed by atoms with E-state index >= 15 is 0 Å². The molecule has 0 radical (unpaired) electrons. The van der Waals surface area contributed by atoms with Crippen molar-refractivity contribution in [3.8, 4) is 16.9 Å². The van der Waals surface area contributed by atoms with Crippen molar-refractivity contribution >= 4 is 23.2 Å². The highest BCUT2D eigenvalue weighted by atomic mass is 16.5. The maximum absolute atomic E-state index is 12.4. The summed E-state index contributed by atoms with van der Waals surface area (Å²) in [4.78, 5) is 23.6. The number of benzene rings is 3. The molecular formula is C23H22N2O3. The summed E-state index contributed by atoms with van der Waals surface area (Å²) in [5, 5.41) is 5.48. The Balaban J connectivity index is 1.60. The number of carbonyl (C=O) groups is 2. The third-order valence-electron chi connectivity index (χ3n) is 4.09. The van der Waals surface area contributed by atoms with Crippen molar-refractivity contribution in [2.24, 2.45) is 0 Å². The molecule has 0 aliphatic heterocycles. The van der Waals surface area contributed by atoms with Crippen molar-refractivity contribution in [3.05, 3.63) is 78.9 Å². The van der Waals surface area contributed by atoms with Gasteiger partial charge in [-0.2, -0.15) is 0 Å². The lowest BCUT2D eigenvalue weighted by Crippen LogP contribution is -2.30. The predicted molar refractivity (Wildman–Crippen MR) is 111 cm³/mol. The van der Waals surface area contributed by atoms with Gasteiger partial charge in [-0.15, -0.1) is 0 Å². The number of anilines is 2. The number of carbonyl (C=O) groups excluding carboxylic acids is 2. The van der Waals surface area contributed by atoms with Gasteiger partial charge in [0.2, 0.25) is 5.91 Å². The lowest BCUT2D eigenvalue weighted by Gasteiger charge is -2.15. The van der Waals surface area contributed by atoms with Crippen LogP contribution in [0.3, 0.4) is 0 Å². The summed E-state index contributed by atoms with van der Waals surface area (Å²) in [5.74, 6) is 0.181. The summed E-state index contributed by atoms with van der Waals surface area (Å²) in [6, 6.07) is 24.6. The van der Waals surface area contributed by atoms with E-state index in [1.807, 2.05) is 54.6 Å². The minimum absolute atomic E-state index is 0.167. The number of hydrogen-bond donors (Lipinski definition) is 2. The SMILES string of the molecule is CC(=O)Nc1cccc(NC(=O)C(C)Oc2ccc(-c3ccccc3)cc2)c1. The Kier molecular flexibility index (Phi) is 6.07. The van der Waals surface area contributed by atoms with Crippen LogP contribution in [0.4, 0.5) is 11.4 Å². The molecule has 1 atom stereocenters. The molecular weight excluding hydrogens is 352 g/mol. The van der Waals surface area contributed by atoms with Crippen molar-refractivity contribution in [1.29, 1.82) is 0 Å². The Morgan fingerprint density at radius 3 is 2.04 bits per heavy atom. The largest absolute Gasteiger partial charge is 0.481 e. The monoisotopic (exact) mass is 374 g/mol. The van der Waals surface area contributed by atoms with Gasteiger partial charge in [0.05, 0.1) is 0 Å². The molecule has 142 valence electrons. The first-order valence-electron chi connectivity index (χ1n) is 9.02. The molecule has 0 aliphatic carbocycles. The Morgan fingerprint density at radius 2 is 1.39 bits per heavy atom. The average Bonchev–Trinajstić information content (AvgIpc) is 2.69. The number of rotatable bonds is 6. The van der Waals surface area contributed by atoms with Crippen molar-refractivity contribution in [3.63, 3.8) is 0 Å². The lowest BCUT2D eigenvalue weighted by atomic mass is 10.1. The van der Waals surface area contributed by atoms with Crippen LogP contribution >= 0.6 is 0 Å². The van der Waals surface area contributed by atoms with Gasteiger partial charge in [0.1, 0.15) is 5.75 Å². The highest BCUT2D eigenvalue weighted by Crippen LogP contribution is 2.23. The van der Waals surface area contributed by atoms with E-state index in [0.717, 1.165) is 11.1 Å². The van der Waals surface area contributed by atoms with Crippen molar-refractivity contribution in [2.75, 3.05) is 10.6 Å². The van der Waals surface area contributed by atoms with Crippen molar-refractivity contribution < 1.29 is 14.3 Å². The van der Waals surface area contributed by atoms with Gasteiger partial charge in [-0.25, -0.2) is 0 Å². The van der Waals surface area contributed by atoms with E-state index in [-0.39, 0.29) is 11.8 Å². The molecule has 5 heteroatoms. The van der Waals surface area contributed by atoms with Crippen LogP contribution < -0.4 is 15.4 Å². The minimum Gasteiger partial charge on any atom is -0.481 e. The molecule has 3 aromatic carbocycles.